The number of ether oxygens (including phenoxy) is 1. The van der Waals surface area contributed by atoms with Gasteiger partial charge < -0.3 is 19.9 Å². The number of anilines is 1. The third-order valence-corrected chi connectivity index (χ3v) is 4.50. The summed E-state index contributed by atoms with van der Waals surface area (Å²) in [6.07, 6.45) is 1.63. The Kier molecular flexibility index (Phi) is 9.75. The zero-order chi connectivity index (χ0) is 18.2. The van der Waals surface area contributed by atoms with Crippen molar-refractivity contribution in [1.29, 1.82) is 0 Å². The Morgan fingerprint density at radius 1 is 1.35 bits per heavy atom. The van der Waals surface area contributed by atoms with Crippen LogP contribution in [0.3, 0.4) is 0 Å². The molecule has 0 aromatic heterocycles. The number of halogens is 1. The molecule has 146 valence electrons. The van der Waals surface area contributed by atoms with Gasteiger partial charge in [-0.3, -0.25) is 4.79 Å². The predicted octanol–water partition coefficient (Wildman–Crippen LogP) is 2.72. The molecule has 26 heavy (non-hydrogen) atoms. The van der Waals surface area contributed by atoms with E-state index in [0.29, 0.717) is 6.54 Å². The average Bonchev–Trinajstić information content (AvgIpc) is 2.65. The number of esters is 1. The van der Waals surface area contributed by atoms with Crippen molar-refractivity contribution in [3.8, 4) is 0 Å². The van der Waals surface area contributed by atoms with E-state index < -0.39 is 0 Å². The van der Waals surface area contributed by atoms with Crippen LogP contribution in [0.2, 0.25) is 0 Å². The number of guanidine groups is 1. The second-order valence-corrected chi connectivity index (χ2v) is 6.52. The van der Waals surface area contributed by atoms with E-state index >= 15 is 0 Å². The minimum Gasteiger partial charge on any atom is -0.469 e. The number of nitrogens with zero attached hydrogens (tertiary/aromatic N) is 3. The Balaban J connectivity index is 0.00000338. The van der Waals surface area contributed by atoms with E-state index in [1.54, 1.807) is 0 Å². The summed E-state index contributed by atoms with van der Waals surface area (Å²) in [5.41, 5.74) is 2.36. The van der Waals surface area contributed by atoms with Crippen LogP contribution in [0.1, 0.15) is 25.3 Å². The molecule has 0 spiro atoms. The summed E-state index contributed by atoms with van der Waals surface area (Å²) in [6.45, 7) is 5.19. The van der Waals surface area contributed by atoms with Gasteiger partial charge in [-0.1, -0.05) is 12.1 Å². The summed E-state index contributed by atoms with van der Waals surface area (Å²) in [5, 5.41) is 3.37. The van der Waals surface area contributed by atoms with Gasteiger partial charge in [0, 0.05) is 39.4 Å². The van der Waals surface area contributed by atoms with Crippen molar-refractivity contribution in [3.63, 3.8) is 0 Å². The minimum atomic E-state index is -0.0953. The maximum Gasteiger partial charge on any atom is 0.308 e. The molecule has 0 radical (unpaired) electrons. The van der Waals surface area contributed by atoms with Crippen molar-refractivity contribution in [2.45, 2.75) is 26.3 Å². The highest BCUT2D eigenvalue weighted by molar-refractivity contribution is 14.0. The van der Waals surface area contributed by atoms with Crippen molar-refractivity contribution in [2.75, 3.05) is 45.7 Å². The Hall–Kier alpha value is -1.51. The van der Waals surface area contributed by atoms with Crippen LogP contribution in [0, 0.1) is 5.92 Å². The Morgan fingerprint density at radius 2 is 2.04 bits per heavy atom. The Morgan fingerprint density at radius 3 is 2.62 bits per heavy atom. The summed E-state index contributed by atoms with van der Waals surface area (Å²) in [6, 6.07) is 8.42. The first-order valence-electron chi connectivity index (χ1n) is 8.92. The van der Waals surface area contributed by atoms with Crippen LogP contribution in [0.4, 0.5) is 5.69 Å². The topological polar surface area (TPSA) is 57.2 Å². The number of methoxy groups -OCH3 is 1. The second kappa shape index (κ2) is 11.3. The van der Waals surface area contributed by atoms with Gasteiger partial charge in [-0.15, -0.1) is 24.0 Å². The van der Waals surface area contributed by atoms with Crippen molar-refractivity contribution in [1.82, 2.24) is 10.2 Å². The van der Waals surface area contributed by atoms with Crippen LogP contribution in [-0.2, 0) is 16.1 Å². The fraction of sp³-hybridized carbons (Fsp3) is 0.579. The zero-order valence-corrected chi connectivity index (χ0v) is 18.5. The largest absolute Gasteiger partial charge is 0.469 e. The van der Waals surface area contributed by atoms with Gasteiger partial charge in [0.1, 0.15) is 0 Å². The number of nitrogens with one attached hydrogen (secondary N) is 1. The summed E-state index contributed by atoms with van der Waals surface area (Å²) in [5.74, 6) is 0.837. The molecule has 0 atom stereocenters. The molecule has 1 aromatic carbocycles. The van der Waals surface area contributed by atoms with E-state index in [1.165, 1.54) is 18.4 Å². The standard InChI is InChI=1S/C19H30N4O2.HI/c1-5-20-19(23-11-9-16(10-12-23)18(24)25-4)21-14-15-7-6-8-17(13-15)22(2)3;/h6-8,13,16H,5,9-12,14H2,1-4H3,(H,20,21);1H. The van der Waals surface area contributed by atoms with Crippen molar-refractivity contribution < 1.29 is 9.53 Å². The van der Waals surface area contributed by atoms with Crippen molar-refractivity contribution in [3.05, 3.63) is 29.8 Å². The lowest BCUT2D eigenvalue weighted by Crippen LogP contribution is -2.46. The van der Waals surface area contributed by atoms with Gasteiger partial charge in [0.05, 0.1) is 19.6 Å². The number of likely N-dealkylation sites (tertiary alicyclic amines) is 1. The van der Waals surface area contributed by atoms with E-state index in [0.717, 1.165) is 38.4 Å². The molecule has 2 rings (SSSR count). The fourth-order valence-corrected chi connectivity index (χ4v) is 3.02. The average molecular weight is 474 g/mol. The minimum absolute atomic E-state index is 0. The molecule has 1 aromatic rings. The van der Waals surface area contributed by atoms with Gasteiger partial charge in [0.2, 0.25) is 0 Å². The molecule has 7 heteroatoms. The number of hydrogen-bond acceptors (Lipinski definition) is 4. The zero-order valence-electron chi connectivity index (χ0n) is 16.2. The van der Waals surface area contributed by atoms with Crippen LogP contribution in [0.5, 0.6) is 0 Å². The lowest BCUT2D eigenvalue weighted by atomic mass is 9.97. The molecule has 6 nitrogen and oxygen atoms in total. The molecule has 0 amide bonds. The van der Waals surface area contributed by atoms with Crippen LogP contribution in [0.25, 0.3) is 0 Å². The van der Waals surface area contributed by atoms with Crippen molar-refractivity contribution in [2.24, 2.45) is 10.9 Å². The summed E-state index contributed by atoms with van der Waals surface area (Å²) < 4.78 is 4.86. The first-order valence-corrected chi connectivity index (χ1v) is 8.92. The quantitative estimate of drug-likeness (QED) is 0.308. The molecular formula is C19H31IN4O2. The van der Waals surface area contributed by atoms with Crippen LogP contribution < -0.4 is 10.2 Å². The maximum absolute atomic E-state index is 11.7. The SMILES string of the molecule is CCNC(=NCc1cccc(N(C)C)c1)N1CCC(C(=O)OC)CC1.I. The van der Waals surface area contributed by atoms with E-state index in [-0.39, 0.29) is 35.9 Å². The molecule has 0 bridgehead atoms. The molecule has 0 aliphatic carbocycles. The second-order valence-electron chi connectivity index (χ2n) is 6.52. The van der Waals surface area contributed by atoms with Gasteiger partial charge in [-0.05, 0) is 37.5 Å². The highest BCUT2D eigenvalue weighted by Crippen LogP contribution is 2.19. The highest BCUT2D eigenvalue weighted by Gasteiger charge is 2.26. The number of rotatable bonds is 5. The number of hydrogen-bond donors (Lipinski definition) is 1. The van der Waals surface area contributed by atoms with Gasteiger partial charge in [0.15, 0.2) is 5.96 Å². The fourth-order valence-electron chi connectivity index (χ4n) is 3.02. The summed E-state index contributed by atoms with van der Waals surface area (Å²) in [7, 11) is 5.54. The smallest absolute Gasteiger partial charge is 0.308 e. The van der Waals surface area contributed by atoms with Crippen LogP contribution in [-0.4, -0.2) is 57.7 Å². The third kappa shape index (κ3) is 6.34. The molecular weight excluding hydrogens is 443 g/mol. The van der Waals surface area contributed by atoms with E-state index in [4.69, 9.17) is 9.73 Å². The summed E-state index contributed by atoms with van der Waals surface area (Å²) >= 11 is 0. The predicted molar refractivity (Wildman–Crippen MR) is 117 cm³/mol. The normalized spacial score (nSPS) is 15.2. The number of carbonyl (C=O) groups excluding carboxylic acids is 1. The lowest BCUT2D eigenvalue weighted by Gasteiger charge is -2.33. The molecule has 1 saturated heterocycles. The molecule has 1 N–H and O–H groups in total. The van der Waals surface area contributed by atoms with Gasteiger partial charge in [-0.25, -0.2) is 4.99 Å². The van der Waals surface area contributed by atoms with Gasteiger partial charge in [0.25, 0.3) is 0 Å². The monoisotopic (exact) mass is 474 g/mol. The summed E-state index contributed by atoms with van der Waals surface area (Å²) in [4.78, 5) is 20.8. The Labute approximate surface area is 174 Å². The van der Waals surface area contributed by atoms with Gasteiger partial charge in [-0.2, -0.15) is 0 Å². The highest BCUT2D eigenvalue weighted by atomic mass is 127. The Bertz CT molecular complexity index is 599. The lowest BCUT2D eigenvalue weighted by molar-refractivity contribution is -0.146. The van der Waals surface area contributed by atoms with E-state index in [2.05, 4.69) is 46.3 Å². The third-order valence-electron chi connectivity index (χ3n) is 4.50. The molecule has 1 aliphatic rings. The first-order chi connectivity index (χ1) is 12.0. The number of benzene rings is 1. The molecule has 1 aliphatic heterocycles. The maximum atomic E-state index is 11.7. The van der Waals surface area contributed by atoms with E-state index in [1.807, 2.05) is 14.1 Å². The first kappa shape index (κ1) is 22.5. The van der Waals surface area contributed by atoms with E-state index in [9.17, 15) is 4.79 Å². The number of piperidine rings is 1. The van der Waals surface area contributed by atoms with Gasteiger partial charge >= 0.3 is 5.97 Å². The number of carbonyl (C=O) groups is 1. The molecule has 1 heterocycles. The number of aliphatic imine (C=N–C) groups is 1. The van der Waals surface area contributed by atoms with Crippen LogP contribution in [0.15, 0.2) is 29.3 Å². The molecule has 1 fully saturated rings. The van der Waals surface area contributed by atoms with Crippen molar-refractivity contribution >= 4 is 41.6 Å². The molecule has 0 unspecified atom stereocenters. The molecule has 0 saturated carbocycles. The van der Waals surface area contributed by atoms with Crippen LogP contribution >= 0.6 is 24.0 Å².